The fourth-order valence-electron chi connectivity index (χ4n) is 1.34. The Morgan fingerprint density at radius 2 is 2.06 bits per heavy atom. The van der Waals surface area contributed by atoms with E-state index in [1.807, 2.05) is 31.2 Å². The standard InChI is InChI=1S/C12H10Cl2N2/c1-8-12(16-7-15-8)5-3-9-2-4-10(13)6-11(9)14/h2-7H,1H3,(H,15,16)/b5-3+. The van der Waals surface area contributed by atoms with Gasteiger partial charge in [-0.3, -0.25) is 0 Å². The number of hydrogen-bond acceptors (Lipinski definition) is 1. The lowest BCUT2D eigenvalue weighted by Crippen LogP contribution is -1.78. The Morgan fingerprint density at radius 1 is 1.25 bits per heavy atom. The van der Waals surface area contributed by atoms with Gasteiger partial charge in [0.15, 0.2) is 0 Å². The van der Waals surface area contributed by atoms with Crippen molar-refractivity contribution in [2.75, 3.05) is 0 Å². The molecule has 0 unspecified atom stereocenters. The molecular weight excluding hydrogens is 243 g/mol. The molecule has 0 bridgehead atoms. The highest BCUT2D eigenvalue weighted by molar-refractivity contribution is 6.35. The van der Waals surface area contributed by atoms with E-state index < -0.39 is 0 Å². The van der Waals surface area contributed by atoms with Crippen LogP contribution >= 0.6 is 23.2 Å². The van der Waals surface area contributed by atoms with Gasteiger partial charge < -0.3 is 4.98 Å². The lowest BCUT2D eigenvalue weighted by atomic mass is 10.2. The Labute approximate surface area is 104 Å². The van der Waals surface area contributed by atoms with E-state index in [2.05, 4.69) is 9.97 Å². The molecule has 82 valence electrons. The molecule has 1 N–H and O–H groups in total. The van der Waals surface area contributed by atoms with Crippen LogP contribution in [0.25, 0.3) is 12.2 Å². The maximum atomic E-state index is 6.05. The van der Waals surface area contributed by atoms with Gasteiger partial charge in [-0.1, -0.05) is 35.3 Å². The van der Waals surface area contributed by atoms with Crippen LogP contribution in [0.2, 0.25) is 10.0 Å². The normalized spacial score (nSPS) is 11.2. The number of nitrogens with zero attached hydrogens (tertiary/aromatic N) is 1. The molecule has 0 atom stereocenters. The summed E-state index contributed by atoms with van der Waals surface area (Å²) in [4.78, 5) is 7.18. The second kappa shape index (κ2) is 4.73. The van der Waals surface area contributed by atoms with Crippen molar-refractivity contribution >= 4 is 35.4 Å². The van der Waals surface area contributed by atoms with E-state index in [4.69, 9.17) is 23.2 Å². The number of aryl methyl sites for hydroxylation is 1. The minimum atomic E-state index is 0.636. The molecule has 1 heterocycles. The molecule has 1 aromatic heterocycles. The summed E-state index contributed by atoms with van der Waals surface area (Å²) in [6, 6.07) is 5.41. The second-order valence-corrected chi connectivity index (χ2v) is 4.26. The zero-order chi connectivity index (χ0) is 11.5. The molecule has 0 radical (unpaired) electrons. The van der Waals surface area contributed by atoms with Gasteiger partial charge in [0.05, 0.1) is 12.0 Å². The quantitative estimate of drug-likeness (QED) is 0.853. The first-order valence-corrected chi connectivity index (χ1v) is 5.55. The van der Waals surface area contributed by atoms with Crippen LogP contribution in [0.5, 0.6) is 0 Å². The summed E-state index contributed by atoms with van der Waals surface area (Å²) >= 11 is 11.9. The fourth-order valence-corrected chi connectivity index (χ4v) is 1.81. The topological polar surface area (TPSA) is 28.7 Å². The number of aromatic nitrogens is 2. The molecule has 2 rings (SSSR count). The zero-order valence-electron chi connectivity index (χ0n) is 8.67. The van der Waals surface area contributed by atoms with Crippen LogP contribution in [0.3, 0.4) is 0 Å². The van der Waals surface area contributed by atoms with Crippen LogP contribution in [0.1, 0.15) is 17.0 Å². The fraction of sp³-hybridized carbons (Fsp3) is 0.0833. The predicted molar refractivity (Wildman–Crippen MR) is 68.7 cm³/mol. The van der Waals surface area contributed by atoms with E-state index in [1.54, 1.807) is 12.4 Å². The lowest BCUT2D eigenvalue weighted by molar-refractivity contribution is 1.25. The average molecular weight is 253 g/mol. The highest BCUT2D eigenvalue weighted by Gasteiger charge is 1.99. The molecule has 0 aliphatic carbocycles. The summed E-state index contributed by atoms with van der Waals surface area (Å²) in [5.74, 6) is 0. The number of hydrogen-bond donors (Lipinski definition) is 1. The van der Waals surface area contributed by atoms with Gasteiger partial charge in [0, 0.05) is 15.7 Å². The molecule has 0 aliphatic heterocycles. The monoisotopic (exact) mass is 252 g/mol. The minimum absolute atomic E-state index is 0.636. The van der Waals surface area contributed by atoms with Crippen molar-refractivity contribution in [3.63, 3.8) is 0 Å². The third-order valence-corrected chi connectivity index (χ3v) is 2.81. The van der Waals surface area contributed by atoms with E-state index in [1.165, 1.54) is 0 Å². The summed E-state index contributed by atoms with van der Waals surface area (Å²) in [6.45, 7) is 1.97. The van der Waals surface area contributed by atoms with E-state index in [0.717, 1.165) is 17.0 Å². The Kier molecular flexibility index (Phi) is 3.32. The first kappa shape index (κ1) is 11.2. The third kappa shape index (κ3) is 2.46. The molecule has 16 heavy (non-hydrogen) atoms. The highest BCUT2D eigenvalue weighted by atomic mass is 35.5. The summed E-state index contributed by atoms with van der Waals surface area (Å²) in [6.07, 6.45) is 5.50. The smallest absolute Gasteiger partial charge is 0.0929 e. The van der Waals surface area contributed by atoms with Crippen molar-refractivity contribution < 1.29 is 0 Å². The van der Waals surface area contributed by atoms with Crippen molar-refractivity contribution in [3.05, 3.63) is 51.5 Å². The van der Waals surface area contributed by atoms with Crippen LogP contribution in [-0.4, -0.2) is 9.97 Å². The molecule has 0 fully saturated rings. The largest absolute Gasteiger partial charge is 0.348 e. The summed E-state index contributed by atoms with van der Waals surface area (Å²) in [5, 5.41) is 1.27. The number of benzene rings is 1. The molecule has 2 nitrogen and oxygen atoms in total. The first-order valence-electron chi connectivity index (χ1n) is 4.80. The van der Waals surface area contributed by atoms with Gasteiger partial charge in [-0.25, -0.2) is 4.98 Å². The van der Waals surface area contributed by atoms with Crippen molar-refractivity contribution in [2.45, 2.75) is 6.92 Å². The van der Waals surface area contributed by atoms with E-state index in [0.29, 0.717) is 10.0 Å². The number of rotatable bonds is 2. The van der Waals surface area contributed by atoms with Crippen molar-refractivity contribution in [1.29, 1.82) is 0 Å². The number of nitrogens with one attached hydrogen (secondary N) is 1. The van der Waals surface area contributed by atoms with Crippen molar-refractivity contribution in [2.24, 2.45) is 0 Å². The second-order valence-electron chi connectivity index (χ2n) is 3.41. The van der Waals surface area contributed by atoms with Crippen molar-refractivity contribution in [3.8, 4) is 0 Å². The highest BCUT2D eigenvalue weighted by Crippen LogP contribution is 2.22. The van der Waals surface area contributed by atoms with Gasteiger partial charge in [0.25, 0.3) is 0 Å². The van der Waals surface area contributed by atoms with Crippen molar-refractivity contribution in [1.82, 2.24) is 9.97 Å². The van der Waals surface area contributed by atoms with Gasteiger partial charge in [-0.15, -0.1) is 0 Å². The Hall–Kier alpha value is -1.25. The molecule has 0 saturated carbocycles. The maximum absolute atomic E-state index is 6.05. The van der Waals surface area contributed by atoms with E-state index >= 15 is 0 Å². The molecule has 0 aliphatic rings. The van der Waals surface area contributed by atoms with Gasteiger partial charge >= 0.3 is 0 Å². The molecule has 0 amide bonds. The van der Waals surface area contributed by atoms with Crippen LogP contribution in [0.15, 0.2) is 24.5 Å². The number of H-pyrrole nitrogens is 1. The van der Waals surface area contributed by atoms with Gasteiger partial charge in [-0.05, 0) is 30.7 Å². The van der Waals surface area contributed by atoms with Crippen LogP contribution < -0.4 is 0 Å². The number of imidazole rings is 1. The van der Waals surface area contributed by atoms with Gasteiger partial charge in [0.2, 0.25) is 0 Å². The average Bonchev–Trinajstić information content (AvgIpc) is 2.63. The van der Waals surface area contributed by atoms with Crippen LogP contribution in [0, 0.1) is 6.92 Å². The van der Waals surface area contributed by atoms with Crippen LogP contribution in [-0.2, 0) is 0 Å². The Balaban J connectivity index is 2.27. The summed E-state index contributed by atoms with van der Waals surface area (Å²) in [5.41, 5.74) is 2.86. The molecular formula is C12H10Cl2N2. The van der Waals surface area contributed by atoms with Gasteiger partial charge in [-0.2, -0.15) is 0 Å². The first-order chi connectivity index (χ1) is 7.66. The Bertz CT molecular complexity index is 530. The molecule has 4 heteroatoms. The third-order valence-electron chi connectivity index (χ3n) is 2.25. The van der Waals surface area contributed by atoms with Gasteiger partial charge in [0.1, 0.15) is 0 Å². The molecule has 2 aromatic rings. The van der Waals surface area contributed by atoms with E-state index in [9.17, 15) is 0 Å². The van der Waals surface area contributed by atoms with E-state index in [-0.39, 0.29) is 0 Å². The van der Waals surface area contributed by atoms with Crippen LogP contribution in [0.4, 0.5) is 0 Å². The summed E-state index contributed by atoms with van der Waals surface area (Å²) < 4.78 is 0. The maximum Gasteiger partial charge on any atom is 0.0929 e. The zero-order valence-corrected chi connectivity index (χ0v) is 10.2. The SMILES string of the molecule is Cc1[nH]cnc1/C=C/c1ccc(Cl)cc1Cl. The lowest BCUT2D eigenvalue weighted by Gasteiger charge is -1.98. The summed E-state index contributed by atoms with van der Waals surface area (Å²) in [7, 11) is 0. The number of halogens is 2. The molecule has 1 aromatic carbocycles. The minimum Gasteiger partial charge on any atom is -0.348 e. The molecule has 0 spiro atoms. The predicted octanol–water partition coefficient (Wildman–Crippen LogP) is 4.20. The number of aromatic amines is 1. The molecule has 0 saturated heterocycles. The Morgan fingerprint density at radius 3 is 2.69 bits per heavy atom.